The van der Waals surface area contributed by atoms with E-state index >= 15 is 0 Å². The smallest absolute Gasteiger partial charge is 0.277 e. The molecular formula is C13H12BrClN4O. The van der Waals surface area contributed by atoms with Gasteiger partial charge in [0.2, 0.25) is 0 Å². The van der Waals surface area contributed by atoms with Gasteiger partial charge in [-0.3, -0.25) is 4.79 Å². The van der Waals surface area contributed by atoms with Crippen molar-refractivity contribution in [1.82, 2.24) is 9.97 Å². The lowest BCUT2D eigenvalue weighted by molar-refractivity contribution is 0.102. The molecule has 104 valence electrons. The molecule has 2 heterocycles. The number of pyridine rings is 2. The summed E-state index contributed by atoms with van der Waals surface area (Å²) in [5.74, 6) is 0.649. The number of nitrogens with zero attached hydrogens (tertiary/aromatic N) is 2. The summed E-state index contributed by atoms with van der Waals surface area (Å²) < 4.78 is 0.848. The lowest BCUT2D eigenvalue weighted by atomic mass is 10.2. The first-order chi connectivity index (χ1) is 9.51. The average molecular weight is 356 g/mol. The molecule has 7 heteroatoms. The number of hydrogen-bond acceptors (Lipinski definition) is 4. The zero-order chi connectivity index (χ0) is 14.7. The fraction of sp³-hybridized carbons (Fsp3) is 0.154. The van der Waals surface area contributed by atoms with Crippen LogP contribution in [0.2, 0.25) is 5.02 Å². The minimum Gasteiger partial charge on any atom is -0.373 e. The van der Waals surface area contributed by atoms with Crippen LogP contribution < -0.4 is 10.6 Å². The largest absolute Gasteiger partial charge is 0.373 e. The van der Waals surface area contributed by atoms with Gasteiger partial charge in [0.1, 0.15) is 17.3 Å². The molecule has 5 nitrogen and oxygen atoms in total. The summed E-state index contributed by atoms with van der Waals surface area (Å²) in [6.07, 6.45) is 1.61. The highest BCUT2D eigenvalue weighted by molar-refractivity contribution is 9.10. The van der Waals surface area contributed by atoms with E-state index in [-0.39, 0.29) is 10.7 Å². The molecule has 2 N–H and O–H groups in total. The fourth-order valence-corrected chi connectivity index (χ4v) is 2.22. The van der Waals surface area contributed by atoms with Crippen molar-refractivity contribution in [3.63, 3.8) is 0 Å². The number of aromatic nitrogens is 2. The van der Waals surface area contributed by atoms with Gasteiger partial charge < -0.3 is 10.6 Å². The first kappa shape index (κ1) is 14.7. The number of aryl methyl sites for hydroxylation is 1. The lowest BCUT2D eigenvalue weighted by Gasteiger charge is -2.09. The Balaban J connectivity index is 2.28. The summed E-state index contributed by atoms with van der Waals surface area (Å²) in [5.41, 5.74) is 0.997. The number of rotatable bonds is 3. The van der Waals surface area contributed by atoms with Crippen molar-refractivity contribution in [2.45, 2.75) is 6.92 Å². The van der Waals surface area contributed by atoms with E-state index in [4.69, 9.17) is 11.6 Å². The molecule has 0 unspecified atom stereocenters. The number of halogens is 2. The highest BCUT2D eigenvalue weighted by atomic mass is 79.9. The number of hydrogen-bond donors (Lipinski definition) is 2. The average Bonchev–Trinajstić information content (AvgIpc) is 2.42. The maximum Gasteiger partial charge on any atom is 0.277 e. The van der Waals surface area contributed by atoms with Gasteiger partial charge in [-0.05, 0) is 46.6 Å². The summed E-state index contributed by atoms with van der Waals surface area (Å²) in [6, 6.07) is 5.18. The van der Waals surface area contributed by atoms with Crippen molar-refractivity contribution >= 4 is 45.1 Å². The van der Waals surface area contributed by atoms with E-state index in [1.54, 1.807) is 25.4 Å². The van der Waals surface area contributed by atoms with Gasteiger partial charge in [0.25, 0.3) is 5.91 Å². The minimum absolute atomic E-state index is 0.155. The van der Waals surface area contributed by atoms with Crippen LogP contribution in [0.5, 0.6) is 0 Å². The SMILES string of the molecule is CNc1ccc(Cl)c(C(=O)Nc2ncc(Br)cc2C)n1. The highest BCUT2D eigenvalue weighted by Gasteiger charge is 2.15. The Hall–Kier alpha value is -1.66. The maximum absolute atomic E-state index is 12.2. The second-order valence-corrected chi connectivity index (χ2v) is 5.37. The van der Waals surface area contributed by atoms with Crippen LogP contribution in [-0.2, 0) is 0 Å². The normalized spacial score (nSPS) is 10.2. The third-order valence-electron chi connectivity index (χ3n) is 2.59. The molecule has 20 heavy (non-hydrogen) atoms. The van der Waals surface area contributed by atoms with Crippen molar-refractivity contribution in [1.29, 1.82) is 0 Å². The van der Waals surface area contributed by atoms with Crippen LogP contribution in [-0.4, -0.2) is 22.9 Å². The Labute approximate surface area is 129 Å². The quantitative estimate of drug-likeness (QED) is 0.884. The van der Waals surface area contributed by atoms with Gasteiger partial charge >= 0.3 is 0 Å². The number of amides is 1. The Bertz CT molecular complexity index is 663. The summed E-state index contributed by atoms with van der Waals surface area (Å²) >= 11 is 9.32. The van der Waals surface area contributed by atoms with Crippen LogP contribution in [0.15, 0.2) is 28.9 Å². The van der Waals surface area contributed by atoms with E-state index in [1.165, 1.54) is 0 Å². The number of carbonyl (C=O) groups excluding carboxylic acids is 1. The second kappa shape index (κ2) is 6.19. The number of nitrogens with one attached hydrogen (secondary N) is 2. The van der Waals surface area contributed by atoms with Crippen molar-refractivity contribution in [2.75, 3.05) is 17.7 Å². The van der Waals surface area contributed by atoms with E-state index < -0.39 is 5.91 Å². The van der Waals surface area contributed by atoms with Crippen LogP contribution in [0.25, 0.3) is 0 Å². The second-order valence-electron chi connectivity index (χ2n) is 4.05. The standard InChI is InChI=1S/C13H12BrClN4O/c1-7-5-8(14)6-17-12(7)19-13(20)11-9(15)3-4-10(16-2)18-11/h3-6H,1-2H3,(H,16,18)(H,17,19,20). The molecule has 0 saturated carbocycles. The predicted molar refractivity (Wildman–Crippen MR) is 83.4 cm³/mol. The predicted octanol–water partition coefficient (Wildman–Crippen LogP) is 3.49. The highest BCUT2D eigenvalue weighted by Crippen LogP contribution is 2.20. The van der Waals surface area contributed by atoms with E-state index in [0.717, 1.165) is 10.0 Å². The third kappa shape index (κ3) is 3.26. The fourth-order valence-electron chi connectivity index (χ4n) is 1.58. The molecular weight excluding hydrogens is 344 g/mol. The first-order valence-electron chi connectivity index (χ1n) is 5.79. The summed E-state index contributed by atoms with van der Waals surface area (Å²) in [5, 5.41) is 5.85. The molecule has 0 atom stereocenters. The molecule has 0 bridgehead atoms. The lowest BCUT2D eigenvalue weighted by Crippen LogP contribution is -2.16. The van der Waals surface area contributed by atoms with E-state index in [9.17, 15) is 4.79 Å². The van der Waals surface area contributed by atoms with Crippen molar-refractivity contribution in [3.8, 4) is 0 Å². The number of anilines is 2. The first-order valence-corrected chi connectivity index (χ1v) is 6.96. The van der Waals surface area contributed by atoms with E-state index in [2.05, 4.69) is 36.5 Å². The summed E-state index contributed by atoms with van der Waals surface area (Å²) in [6.45, 7) is 1.85. The topological polar surface area (TPSA) is 66.9 Å². The molecule has 0 saturated heterocycles. The molecule has 0 aliphatic heterocycles. The maximum atomic E-state index is 12.2. The molecule has 0 spiro atoms. The molecule has 2 rings (SSSR count). The Morgan fingerprint density at radius 1 is 1.40 bits per heavy atom. The molecule has 1 amide bonds. The molecule has 0 aromatic carbocycles. The zero-order valence-corrected chi connectivity index (χ0v) is 13.2. The van der Waals surface area contributed by atoms with Gasteiger partial charge in [-0.15, -0.1) is 0 Å². The van der Waals surface area contributed by atoms with Crippen LogP contribution in [0, 0.1) is 6.92 Å². The monoisotopic (exact) mass is 354 g/mol. The van der Waals surface area contributed by atoms with Gasteiger partial charge in [0.05, 0.1) is 5.02 Å². The number of carbonyl (C=O) groups is 1. The van der Waals surface area contributed by atoms with Crippen molar-refractivity contribution in [3.05, 3.63) is 45.1 Å². The summed E-state index contributed by atoms with van der Waals surface area (Å²) in [7, 11) is 1.72. The molecule has 0 radical (unpaired) electrons. The van der Waals surface area contributed by atoms with Crippen LogP contribution in [0.1, 0.15) is 16.1 Å². The molecule has 0 aliphatic rings. The van der Waals surface area contributed by atoms with E-state index in [1.807, 2.05) is 13.0 Å². The van der Waals surface area contributed by atoms with Crippen molar-refractivity contribution < 1.29 is 4.79 Å². The Morgan fingerprint density at radius 2 is 2.15 bits per heavy atom. The molecule has 2 aromatic rings. The van der Waals surface area contributed by atoms with Gasteiger partial charge in [-0.1, -0.05) is 11.6 Å². The Morgan fingerprint density at radius 3 is 2.80 bits per heavy atom. The van der Waals surface area contributed by atoms with Gasteiger partial charge in [0, 0.05) is 17.7 Å². The summed E-state index contributed by atoms with van der Waals surface area (Å²) in [4.78, 5) is 20.5. The van der Waals surface area contributed by atoms with Gasteiger partial charge in [-0.25, -0.2) is 9.97 Å². The van der Waals surface area contributed by atoms with Gasteiger partial charge in [-0.2, -0.15) is 0 Å². The molecule has 0 aliphatic carbocycles. The van der Waals surface area contributed by atoms with E-state index in [0.29, 0.717) is 11.6 Å². The molecule has 2 aromatic heterocycles. The van der Waals surface area contributed by atoms with Crippen LogP contribution in [0.3, 0.4) is 0 Å². The zero-order valence-electron chi connectivity index (χ0n) is 10.9. The molecule has 0 fully saturated rings. The van der Waals surface area contributed by atoms with Crippen molar-refractivity contribution in [2.24, 2.45) is 0 Å². The Kier molecular flexibility index (Phi) is 4.57. The van der Waals surface area contributed by atoms with Crippen LogP contribution in [0.4, 0.5) is 11.6 Å². The third-order valence-corrected chi connectivity index (χ3v) is 3.33. The van der Waals surface area contributed by atoms with Crippen LogP contribution >= 0.6 is 27.5 Å². The van der Waals surface area contributed by atoms with Gasteiger partial charge in [0.15, 0.2) is 0 Å². The minimum atomic E-state index is -0.398.